The van der Waals surface area contributed by atoms with Gasteiger partial charge in [-0.1, -0.05) is 0 Å². The molecule has 0 bridgehead atoms. The van der Waals surface area contributed by atoms with Crippen molar-refractivity contribution < 1.29 is 14.2 Å². The molecule has 3 rings (SSSR count). The van der Waals surface area contributed by atoms with Gasteiger partial charge in [0.2, 0.25) is 0 Å². The Balaban J connectivity index is 1.66. The smallest absolute Gasteiger partial charge is 0.142 e. The first-order valence-electron chi connectivity index (χ1n) is 7.03. The third-order valence-electron chi connectivity index (χ3n) is 4.02. The van der Waals surface area contributed by atoms with Crippen LogP contribution in [0.15, 0.2) is 18.2 Å². The van der Waals surface area contributed by atoms with Gasteiger partial charge in [-0.05, 0) is 24.3 Å². The Bertz CT molecular complexity index is 474. The van der Waals surface area contributed by atoms with E-state index in [4.69, 9.17) is 19.9 Å². The lowest BCUT2D eigenvalue weighted by Gasteiger charge is -2.37. The van der Waals surface area contributed by atoms with Crippen molar-refractivity contribution in [3.05, 3.63) is 18.2 Å². The van der Waals surface area contributed by atoms with E-state index < -0.39 is 0 Å². The van der Waals surface area contributed by atoms with E-state index in [1.54, 1.807) is 7.11 Å². The van der Waals surface area contributed by atoms with Gasteiger partial charge in [-0.3, -0.25) is 0 Å². The van der Waals surface area contributed by atoms with Crippen molar-refractivity contribution in [1.29, 1.82) is 0 Å². The van der Waals surface area contributed by atoms with Crippen molar-refractivity contribution in [2.75, 3.05) is 31.0 Å². The van der Waals surface area contributed by atoms with Crippen molar-refractivity contribution in [3.63, 3.8) is 0 Å². The number of benzene rings is 1. The highest BCUT2D eigenvalue weighted by molar-refractivity contribution is 7.99. The quantitative estimate of drug-likeness (QED) is 0.869. The molecule has 0 aliphatic carbocycles. The first-order valence-corrected chi connectivity index (χ1v) is 8.18. The highest BCUT2D eigenvalue weighted by atomic mass is 32.2. The molecule has 2 atom stereocenters. The van der Waals surface area contributed by atoms with Crippen molar-refractivity contribution in [1.82, 2.24) is 0 Å². The third-order valence-corrected chi connectivity index (χ3v) is 5.24. The standard InChI is InChI=1S/C15H21NO3S/c1-17-14-3-2-11(8-13(14)16)19-12-4-6-18-15(9-12)5-7-20-10-15/h2-3,8,12H,4-7,9-10,16H2,1H3. The Morgan fingerprint density at radius 2 is 2.35 bits per heavy atom. The van der Waals surface area contributed by atoms with Gasteiger partial charge in [0.15, 0.2) is 0 Å². The van der Waals surface area contributed by atoms with Crippen LogP contribution in [0.1, 0.15) is 19.3 Å². The minimum atomic E-state index is 0.0472. The van der Waals surface area contributed by atoms with Crippen LogP contribution < -0.4 is 15.2 Å². The van der Waals surface area contributed by atoms with Gasteiger partial charge in [-0.25, -0.2) is 0 Å². The fraction of sp³-hybridized carbons (Fsp3) is 0.600. The van der Waals surface area contributed by atoms with Crippen LogP contribution in [-0.2, 0) is 4.74 Å². The summed E-state index contributed by atoms with van der Waals surface area (Å²) in [7, 11) is 1.62. The van der Waals surface area contributed by atoms with E-state index in [9.17, 15) is 0 Å². The van der Waals surface area contributed by atoms with Crippen molar-refractivity contribution in [2.24, 2.45) is 0 Å². The number of nitrogens with two attached hydrogens (primary N) is 1. The average molecular weight is 295 g/mol. The molecule has 2 fully saturated rings. The zero-order chi connectivity index (χ0) is 14.0. The number of anilines is 1. The summed E-state index contributed by atoms with van der Waals surface area (Å²) in [6, 6.07) is 5.61. The maximum absolute atomic E-state index is 6.10. The van der Waals surface area contributed by atoms with E-state index in [1.165, 1.54) is 5.75 Å². The van der Waals surface area contributed by atoms with Crippen molar-refractivity contribution >= 4 is 17.4 Å². The summed E-state index contributed by atoms with van der Waals surface area (Å²) in [5, 5.41) is 0. The van der Waals surface area contributed by atoms with Crippen LogP contribution in [0.2, 0.25) is 0 Å². The molecule has 0 radical (unpaired) electrons. The van der Waals surface area contributed by atoms with Gasteiger partial charge in [0.25, 0.3) is 0 Å². The molecule has 2 saturated heterocycles. The lowest BCUT2D eigenvalue weighted by atomic mass is 9.91. The molecule has 2 heterocycles. The minimum Gasteiger partial charge on any atom is -0.495 e. The summed E-state index contributed by atoms with van der Waals surface area (Å²) < 4.78 is 17.3. The lowest BCUT2D eigenvalue weighted by molar-refractivity contribution is -0.0958. The molecule has 1 spiro atoms. The Hall–Kier alpha value is -1.07. The number of hydrogen-bond acceptors (Lipinski definition) is 5. The summed E-state index contributed by atoms with van der Waals surface area (Å²) in [4.78, 5) is 0. The highest BCUT2D eigenvalue weighted by Crippen LogP contribution is 2.39. The second-order valence-electron chi connectivity index (χ2n) is 5.47. The summed E-state index contributed by atoms with van der Waals surface area (Å²) in [6.07, 6.45) is 3.28. The first-order chi connectivity index (χ1) is 9.71. The summed E-state index contributed by atoms with van der Waals surface area (Å²) >= 11 is 1.98. The molecule has 1 aromatic carbocycles. The molecular formula is C15H21NO3S. The number of nitrogen functional groups attached to an aromatic ring is 1. The maximum atomic E-state index is 6.10. The van der Waals surface area contributed by atoms with E-state index in [0.717, 1.165) is 37.4 Å². The number of methoxy groups -OCH3 is 1. The summed E-state index contributed by atoms with van der Waals surface area (Å²) in [5.41, 5.74) is 6.58. The molecule has 2 N–H and O–H groups in total. The Morgan fingerprint density at radius 1 is 1.45 bits per heavy atom. The largest absolute Gasteiger partial charge is 0.495 e. The predicted octanol–water partition coefficient (Wildman–Crippen LogP) is 2.71. The second-order valence-corrected chi connectivity index (χ2v) is 6.58. The zero-order valence-corrected chi connectivity index (χ0v) is 12.6. The Morgan fingerprint density at radius 3 is 3.05 bits per heavy atom. The second kappa shape index (κ2) is 5.74. The van der Waals surface area contributed by atoms with Gasteiger partial charge < -0.3 is 19.9 Å². The van der Waals surface area contributed by atoms with Crippen LogP contribution in [0.5, 0.6) is 11.5 Å². The topological polar surface area (TPSA) is 53.7 Å². The average Bonchev–Trinajstić information content (AvgIpc) is 2.87. The molecule has 2 aliphatic rings. The van der Waals surface area contributed by atoms with Gasteiger partial charge in [0.1, 0.15) is 17.6 Å². The fourth-order valence-electron chi connectivity index (χ4n) is 2.92. The molecular weight excluding hydrogens is 274 g/mol. The number of rotatable bonds is 3. The van der Waals surface area contributed by atoms with Crippen LogP contribution in [0, 0.1) is 0 Å². The predicted molar refractivity (Wildman–Crippen MR) is 81.7 cm³/mol. The monoisotopic (exact) mass is 295 g/mol. The fourth-order valence-corrected chi connectivity index (χ4v) is 4.30. The number of hydrogen-bond donors (Lipinski definition) is 1. The molecule has 0 amide bonds. The van der Waals surface area contributed by atoms with Gasteiger partial charge >= 0.3 is 0 Å². The summed E-state index contributed by atoms with van der Waals surface area (Å²) in [6.45, 7) is 0.789. The molecule has 0 aromatic heterocycles. The molecule has 4 nitrogen and oxygen atoms in total. The molecule has 5 heteroatoms. The van der Waals surface area contributed by atoms with Crippen molar-refractivity contribution in [2.45, 2.75) is 31.0 Å². The first kappa shape index (κ1) is 13.9. The molecule has 20 heavy (non-hydrogen) atoms. The third kappa shape index (κ3) is 2.83. The van der Waals surface area contributed by atoms with Crippen LogP contribution in [0.25, 0.3) is 0 Å². The van der Waals surface area contributed by atoms with E-state index in [0.29, 0.717) is 11.4 Å². The molecule has 2 unspecified atom stereocenters. The molecule has 110 valence electrons. The van der Waals surface area contributed by atoms with E-state index in [2.05, 4.69) is 0 Å². The Kier molecular flexibility index (Phi) is 3.98. The molecule has 1 aromatic rings. The number of thioether (sulfide) groups is 1. The minimum absolute atomic E-state index is 0.0472. The van der Waals surface area contributed by atoms with Crippen LogP contribution >= 0.6 is 11.8 Å². The SMILES string of the molecule is COc1ccc(OC2CCOC3(CCSC3)C2)cc1N. The zero-order valence-electron chi connectivity index (χ0n) is 11.8. The Labute approximate surface area is 124 Å². The van der Waals surface area contributed by atoms with Gasteiger partial charge in [0, 0.05) is 24.7 Å². The molecule has 2 aliphatic heterocycles. The van der Waals surface area contributed by atoms with Crippen LogP contribution in [0.3, 0.4) is 0 Å². The van der Waals surface area contributed by atoms with E-state index in [1.807, 2.05) is 30.0 Å². The van der Waals surface area contributed by atoms with Gasteiger partial charge in [-0.2, -0.15) is 11.8 Å². The highest BCUT2D eigenvalue weighted by Gasteiger charge is 2.41. The summed E-state index contributed by atoms with van der Waals surface area (Å²) in [5.74, 6) is 3.80. The number of ether oxygens (including phenoxy) is 3. The van der Waals surface area contributed by atoms with Gasteiger partial charge in [-0.15, -0.1) is 0 Å². The van der Waals surface area contributed by atoms with Gasteiger partial charge in [0.05, 0.1) is 25.0 Å². The lowest BCUT2D eigenvalue weighted by Crippen LogP contribution is -2.43. The van der Waals surface area contributed by atoms with Crippen molar-refractivity contribution in [3.8, 4) is 11.5 Å². The normalized spacial score (nSPS) is 29.6. The van der Waals surface area contributed by atoms with E-state index in [-0.39, 0.29) is 11.7 Å². The molecule has 0 saturated carbocycles. The van der Waals surface area contributed by atoms with E-state index >= 15 is 0 Å². The maximum Gasteiger partial charge on any atom is 0.142 e. The van der Waals surface area contributed by atoms with Crippen LogP contribution in [0.4, 0.5) is 5.69 Å². The van der Waals surface area contributed by atoms with Crippen LogP contribution in [-0.4, -0.2) is 36.9 Å².